The molecular formula is C12H17ClN2O4S. The molecule has 2 rings (SSSR count). The normalized spacial score (nSPS) is 16.4. The zero-order valence-electron chi connectivity index (χ0n) is 10.9. The monoisotopic (exact) mass is 320 g/mol. The summed E-state index contributed by atoms with van der Waals surface area (Å²) in [6, 6.07) is 1.20. The van der Waals surface area contributed by atoms with Crippen molar-refractivity contribution in [3.8, 4) is 0 Å². The Morgan fingerprint density at radius 3 is 2.75 bits per heavy atom. The van der Waals surface area contributed by atoms with Crippen LogP contribution in [0.25, 0.3) is 0 Å². The Kier molecular flexibility index (Phi) is 5.06. The van der Waals surface area contributed by atoms with Crippen molar-refractivity contribution >= 4 is 25.6 Å². The van der Waals surface area contributed by atoms with Gasteiger partial charge < -0.3 is 15.0 Å². The lowest BCUT2D eigenvalue weighted by molar-refractivity contribution is 0.0581. The van der Waals surface area contributed by atoms with Crippen LogP contribution in [-0.4, -0.2) is 38.6 Å². The first-order valence-electron chi connectivity index (χ1n) is 6.50. The third-order valence-electron chi connectivity index (χ3n) is 3.23. The fourth-order valence-electron chi connectivity index (χ4n) is 2.19. The summed E-state index contributed by atoms with van der Waals surface area (Å²) in [6.45, 7) is 0.842. The van der Waals surface area contributed by atoms with Gasteiger partial charge in [-0.15, -0.1) is 0 Å². The molecule has 0 bridgehead atoms. The molecule has 20 heavy (non-hydrogen) atoms. The van der Waals surface area contributed by atoms with Gasteiger partial charge in [-0.1, -0.05) is 12.8 Å². The van der Waals surface area contributed by atoms with Crippen LogP contribution in [0, 0.1) is 0 Å². The molecule has 8 heteroatoms. The molecule has 2 N–H and O–H groups in total. The SMILES string of the molecule is O=C(NCCOC1CCCC1)c1cc(S(=O)(=O)Cl)c[nH]1. The first kappa shape index (κ1) is 15.3. The third kappa shape index (κ3) is 4.22. The first-order valence-corrected chi connectivity index (χ1v) is 8.80. The Morgan fingerprint density at radius 1 is 1.45 bits per heavy atom. The van der Waals surface area contributed by atoms with Gasteiger partial charge in [-0.05, 0) is 18.9 Å². The van der Waals surface area contributed by atoms with Gasteiger partial charge in [0, 0.05) is 23.4 Å². The van der Waals surface area contributed by atoms with Gasteiger partial charge in [-0.3, -0.25) is 4.79 Å². The number of carbonyl (C=O) groups excluding carboxylic acids is 1. The van der Waals surface area contributed by atoms with Crippen LogP contribution in [-0.2, 0) is 13.8 Å². The number of amides is 1. The molecule has 112 valence electrons. The van der Waals surface area contributed by atoms with E-state index in [9.17, 15) is 13.2 Å². The van der Waals surface area contributed by atoms with Crippen molar-refractivity contribution in [2.24, 2.45) is 0 Å². The average Bonchev–Trinajstić information content (AvgIpc) is 3.04. The summed E-state index contributed by atoms with van der Waals surface area (Å²) in [5, 5.41) is 2.65. The van der Waals surface area contributed by atoms with Crippen molar-refractivity contribution in [1.29, 1.82) is 0 Å². The molecule has 1 amide bonds. The highest BCUT2D eigenvalue weighted by Gasteiger charge is 2.17. The predicted molar refractivity (Wildman–Crippen MR) is 74.4 cm³/mol. The second-order valence-corrected chi connectivity index (χ2v) is 7.29. The molecule has 6 nitrogen and oxygen atoms in total. The number of rotatable bonds is 6. The van der Waals surface area contributed by atoms with E-state index in [-0.39, 0.29) is 16.5 Å². The molecule has 1 fully saturated rings. The fraction of sp³-hybridized carbons (Fsp3) is 0.583. The lowest BCUT2D eigenvalue weighted by Crippen LogP contribution is -2.28. The van der Waals surface area contributed by atoms with Gasteiger partial charge in [0.2, 0.25) is 0 Å². The summed E-state index contributed by atoms with van der Waals surface area (Å²) in [5.74, 6) is -0.383. The van der Waals surface area contributed by atoms with Crippen LogP contribution in [0.4, 0.5) is 0 Å². The Hall–Kier alpha value is -1.05. The second-order valence-electron chi connectivity index (χ2n) is 4.72. The van der Waals surface area contributed by atoms with Gasteiger partial charge in [-0.25, -0.2) is 8.42 Å². The standard InChI is InChI=1S/C12H17ClN2O4S/c13-20(17,18)10-7-11(15-8-10)12(16)14-5-6-19-9-3-1-2-4-9/h7-9,15H,1-6H2,(H,14,16). The van der Waals surface area contributed by atoms with Crippen LogP contribution in [0.1, 0.15) is 36.2 Å². The Morgan fingerprint density at radius 2 is 2.15 bits per heavy atom. The van der Waals surface area contributed by atoms with Crippen LogP contribution in [0.5, 0.6) is 0 Å². The van der Waals surface area contributed by atoms with Crippen LogP contribution in [0.3, 0.4) is 0 Å². The molecular weight excluding hydrogens is 304 g/mol. The van der Waals surface area contributed by atoms with Gasteiger partial charge in [0.1, 0.15) is 10.6 Å². The van der Waals surface area contributed by atoms with Gasteiger partial charge in [0.25, 0.3) is 15.0 Å². The summed E-state index contributed by atoms with van der Waals surface area (Å²) < 4.78 is 27.7. The van der Waals surface area contributed by atoms with Gasteiger partial charge in [0.15, 0.2) is 0 Å². The minimum Gasteiger partial charge on any atom is -0.376 e. The van der Waals surface area contributed by atoms with Crippen molar-refractivity contribution in [3.05, 3.63) is 18.0 Å². The lowest BCUT2D eigenvalue weighted by atomic mass is 10.3. The number of aromatic nitrogens is 1. The number of aromatic amines is 1. The summed E-state index contributed by atoms with van der Waals surface area (Å²) in [5.41, 5.74) is 0.157. The van der Waals surface area contributed by atoms with Crippen LogP contribution >= 0.6 is 10.7 Å². The van der Waals surface area contributed by atoms with E-state index in [1.54, 1.807) is 0 Å². The third-order valence-corrected chi connectivity index (χ3v) is 4.56. The molecule has 1 aromatic rings. The summed E-state index contributed by atoms with van der Waals surface area (Å²) in [6.07, 6.45) is 6.07. The molecule has 1 aliphatic carbocycles. The van der Waals surface area contributed by atoms with Crippen LogP contribution in [0.2, 0.25) is 0 Å². The highest BCUT2D eigenvalue weighted by Crippen LogP contribution is 2.20. The van der Waals surface area contributed by atoms with E-state index in [2.05, 4.69) is 10.3 Å². The topological polar surface area (TPSA) is 88.3 Å². The van der Waals surface area contributed by atoms with E-state index < -0.39 is 9.05 Å². The van der Waals surface area contributed by atoms with E-state index in [0.29, 0.717) is 19.3 Å². The van der Waals surface area contributed by atoms with Crippen molar-refractivity contribution in [3.63, 3.8) is 0 Å². The maximum absolute atomic E-state index is 11.7. The number of carbonyl (C=O) groups is 1. The number of halogens is 1. The van der Waals surface area contributed by atoms with Gasteiger partial charge >= 0.3 is 0 Å². The number of nitrogens with one attached hydrogen (secondary N) is 2. The zero-order valence-corrected chi connectivity index (χ0v) is 12.5. The Labute approximate surface area is 122 Å². The van der Waals surface area contributed by atoms with Crippen LogP contribution in [0.15, 0.2) is 17.2 Å². The van der Waals surface area contributed by atoms with Gasteiger partial charge in [-0.2, -0.15) is 0 Å². The van der Waals surface area contributed by atoms with E-state index in [0.717, 1.165) is 12.8 Å². The van der Waals surface area contributed by atoms with E-state index in [1.807, 2.05) is 0 Å². The van der Waals surface area contributed by atoms with Crippen LogP contribution < -0.4 is 5.32 Å². The minimum atomic E-state index is -3.82. The van der Waals surface area contributed by atoms with Gasteiger partial charge in [0.05, 0.1) is 12.7 Å². The molecule has 0 radical (unpaired) electrons. The molecule has 0 spiro atoms. The number of H-pyrrole nitrogens is 1. The molecule has 1 saturated carbocycles. The second kappa shape index (κ2) is 6.60. The number of ether oxygens (including phenoxy) is 1. The maximum Gasteiger partial charge on any atom is 0.267 e. The van der Waals surface area contributed by atoms with Crippen molar-refractivity contribution < 1.29 is 17.9 Å². The molecule has 1 aromatic heterocycles. The zero-order chi connectivity index (χ0) is 14.6. The van der Waals surface area contributed by atoms with E-state index in [1.165, 1.54) is 25.1 Å². The lowest BCUT2D eigenvalue weighted by Gasteiger charge is -2.11. The Balaban J connectivity index is 1.75. The quantitative estimate of drug-likeness (QED) is 0.616. The van der Waals surface area contributed by atoms with E-state index >= 15 is 0 Å². The summed E-state index contributed by atoms with van der Waals surface area (Å²) >= 11 is 0. The van der Waals surface area contributed by atoms with Crippen molar-refractivity contribution in [1.82, 2.24) is 10.3 Å². The summed E-state index contributed by atoms with van der Waals surface area (Å²) in [7, 11) is 1.36. The smallest absolute Gasteiger partial charge is 0.267 e. The minimum absolute atomic E-state index is 0.119. The molecule has 1 heterocycles. The Bertz CT molecular complexity index is 564. The predicted octanol–water partition coefficient (Wildman–Crippen LogP) is 1.63. The average molecular weight is 321 g/mol. The largest absolute Gasteiger partial charge is 0.376 e. The molecule has 1 aliphatic rings. The molecule has 0 saturated heterocycles. The molecule has 0 unspecified atom stereocenters. The molecule has 0 aromatic carbocycles. The molecule has 0 atom stereocenters. The number of hydrogen-bond acceptors (Lipinski definition) is 4. The van der Waals surface area contributed by atoms with Crippen molar-refractivity contribution in [2.75, 3.05) is 13.2 Å². The highest BCUT2D eigenvalue weighted by molar-refractivity contribution is 8.13. The fourth-order valence-corrected chi connectivity index (χ4v) is 2.91. The molecule has 0 aliphatic heterocycles. The van der Waals surface area contributed by atoms with Crippen molar-refractivity contribution in [2.45, 2.75) is 36.7 Å². The highest BCUT2D eigenvalue weighted by atomic mass is 35.7. The summed E-state index contributed by atoms with van der Waals surface area (Å²) in [4.78, 5) is 14.2. The maximum atomic E-state index is 11.7. The van der Waals surface area contributed by atoms with E-state index in [4.69, 9.17) is 15.4 Å². The number of hydrogen-bond donors (Lipinski definition) is 2. The first-order chi connectivity index (χ1) is 9.47.